The molecule has 1 fully saturated rings. The fourth-order valence-electron chi connectivity index (χ4n) is 5.12. The largest absolute Gasteiger partial charge is 0.464 e. The van der Waals surface area contributed by atoms with Gasteiger partial charge < -0.3 is 20.1 Å². The van der Waals surface area contributed by atoms with Gasteiger partial charge in [-0.05, 0) is 37.5 Å². The van der Waals surface area contributed by atoms with E-state index < -0.39 is 24.0 Å². The second-order valence-corrected chi connectivity index (χ2v) is 9.71. The molecule has 1 aromatic heterocycles. The summed E-state index contributed by atoms with van der Waals surface area (Å²) in [6.45, 7) is 1.64. The average molecular weight is 540 g/mol. The highest BCUT2D eigenvalue weighted by molar-refractivity contribution is 6.31. The van der Waals surface area contributed by atoms with Gasteiger partial charge in [-0.15, -0.1) is 0 Å². The van der Waals surface area contributed by atoms with E-state index in [0.717, 1.165) is 42.2 Å². The summed E-state index contributed by atoms with van der Waals surface area (Å²) in [5.74, 6) is -1.41. The van der Waals surface area contributed by atoms with E-state index in [2.05, 4.69) is 5.32 Å². The van der Waals surface area contributed by atoms with Crippen molar-refractivity contribution in [3.63, 3.8) is 0 Å². The van der Waals surface area contributed by atoms with Crippen LogP contribution >= 0.6 is 11.6 Å². The van der Waals surface area contributed by atoms with Crippen molar-refractivity contribution in [2.24, 2.45) is 0 Å². The maximum absolute atomic E-state index is 14.0. The van der Waals surface area contributed by atoms with E-state index in [9.17, 15) is 24.3 Å². The van der Waals surface area contributed by atoms with Crippen LogP contribution in [0.3, 0.4) is 0 Å². The third-order valence-electron chi connectivity index (χ3n) is 6.78. The van der Waals surface area contributed by atoms with Crippen molar-refractivity contribution >= 4 is 46.9 Å². The Morgan fingerprint density at radius 1 is 1.16 bits per heavy atom. The van der Waals surface area contributed by atoms with E-state index in [-0.39, 0.29) is 41.0 Å². The quantitative estimate of drug-likeness (QED) is 0.287. The first-order valence-corrected chi connectivity index (χ1v) is 13.0. The first-order valence-electron chi connectivity index (χ1n) is 12.6. The Bertz CT molecular complexity index is 1330. The van der Waals surface area contributed by atoms with Gasteiger partial charge in [-0.25, -0.2) is 14.2 Å². The summed E-state index contributed by atoms with van der Waals surface area (Å²) in [4.78, 5) is 53.5. The summed E-state index contributed by atoms with van der Waals surface area (Å²) in [7, 11) is 0. The van der Waals surface area contributed by atoms with Gasteiger partial charge in [0, 0.05) is 28.6 Å². The Kier molecular flexibility index (Phi) is 8.68. The van der Waals surface area contributed by atoms with Crippen LogP contribution in [0.4, 0.5) is 4.79 Å². The molecule has 2 N–H and O–H groups in total. The Labute approximate surface area is 225 Å². The fraction of sp³-hybridized carbons (Fsp3) is 0.357. The number of fused-ring (bicyclic) bond motifs is 1. The molecule has 0 spiro atoms. The summed E-state index contributed by atoms with van der Waals surface area (Å²) in [6, 6.07) is 12.2. The normalized spacial score (nSPS) is 14.6. The molecule has 2 aromatic carbocycles. The van der Waals surface area contributed by atoms with Crippen LogP contribution in [0.5, 0.6) is 0 Å². The summed E-state index contributed by atoms with van der Waals surface area (Å²) in [5.41, 5.74) is 0.621. The summed E-state index contributed by atoms with van der Waals surface area (Å²) in [5, 5.41) is 13.7. The number of carboxylic acid groups (broad SMARTS) is 1. The van der Waals surface area contributed by atoms with Gasteiger partial charge in [-0.3, -0.25) is 9.59 Å². The number of esters is 1. The number of amides is 2. The highest BCUT2D eigenvalue weighted by atomic mass is 35.5. The molecular formula is C28H30ClN3O6. The van der Waals surface area contributed by atoms with Crippen molar-refractivity contribution in [2.75, 3.05) is 6.61 Å². The number of hydrogen-bond acceptors (Lipinski definition) is 5. The number of ether oxygens (including phenoxy) is 1. The molecule has 1 atom stereocenters. The lowest BCUT2D eigenvalue weighted by molar-refractivity contribution is -0.134. The number of carbonyl (C=O) groups is 4. The number of aromatic nitrogens is 1. The SMILES string of the molecule is CCOC(=O)c1c(C(C(=O)NC2CCCCC2)N(C=O)Cc2ccccc2)c2ccc(Cl)cc2n1C(=O)O. The number of benzene rings is 2. The van der Waals surface area contributed by atoms with Crippen LogP contribution in [0.15, 0.2) is 48.5 Å². The van der Waals surface area contributed by atoms with Gasteiger partial charge in [-0.2, -0.15) is 0 Å². The van der Waals surface area contributed by atoms with Crippen molar-refractivity contribution < 1.29 is 29.0 Å². The van der Waals surface area contributed by atoms with Crippen LogP contribution in [-0.4, -0.2) is 51.6 Å². The van der Waals surface area contributed by atoms with Crippen molar-refractivity contribution in [1.82, 2.24) is 14.8 Å². The van der Waals surface area contributed by atoms with Gasteiger partial charge in [0.2, 0.25) is 12.3 Å². The van der Waals surface area contributed by atoms with Gasteiger partial charge in [0.05, 0.1) is 12.1 Å². The first-order chi connectivity index (χ1) is 18.3. The molecule has 9 nitrogen and oxygen atoms in total. The monoisotopic (exact) mass is 539 g/mol. The Balaban J connectivity index is 1.94. The van der Waals surface area contributed by atoms with Crippen LogP contribution in [0, 0.1) is 0 Å². The number of rotatable bonds is 9. The van der Waals surface area contributed by atoms with E-state index in [1.54, 1.807) is 19.1 Å². The van der Waals surface area contributed by atoms with Gasteiger partial charge in [0.25, 0.3) is 0 Å². The number of nitrogens with one attached hydrogen (secondary N) is 1. The van der Waals surface area contributed by atoms with Gasteiger partial charge in [-0.1, -0.05) is 67.3 Å². The van der Waals surface area contributed by atoms with Crippen molar-refractivity contribution in [1.29, 1.82) is 0 Å². The molecule has 10 heteroatoms. The fourth-order valence-corrected chi connectivity index (χ4v) is 5.29. The lowest BCUT2D eigenvalue weighted by Gasteiger charge is -2.31. The first kappa shape index (κ1) is 27.2. The molecule has 1 aliphatic rings. The number of hydrogen-bond donors (Lipinski definition) is 2. The molecule has 1 unspecified atom stereocenters. The van der Waals surface area contributed by atoms with Gasteiger partial charge in [0.1, 0.15) is 11.7 Å². The van der Waals surface area contributed by atoms with E-state index in [1.165, 1.54) is 11.0 Å². The molecule has 4 rings (SSSR count). The van der Waals surface area contributed by atoms with Crippen molar-refractivity contribution in [3.8, 4) is 0 Å². The van der Waals surface area contributed by atoms with E-state index in [1.807, 2.05) is 30.3 Å². The maximum atomic E-state index is 14.0. The Morgan fingerprint density at radius 3 is 2.50 bits per heavy atom. The second-order valence-electron chi connectivity index (χ2n) is 9.27. The Hall–Kier alpha value is -3.85. The molecule has 200 valence electrons. The summed E-state index contributed by atoms with van der Waals surface area (Å²) in [6.07, 6.45) is 3.74. The Morgan fingerprint density at radius 2 is 1.87 bits per heavy atom. The molecule has 1 aliphatic carbocycles. The smallest absolute Gasteiger partial charge is 0.416 e. The minimum Gasteiger partial charge on any atom is -0.464 e. The third kappa shape index (κ3) is 5.67. The molecule has 0 radical (unpaired) electrons. The van der Waals surface area contributed by atoms with E-state index in [0.29, 0.717) is 11.8 Å². The molecule has 1 heterocycles. The van der Waals surface area contributed by atoms with Crippen molar-refractivity contribution in [3.05, 3.63) is 70.4 Å². The summed E-state index contributed by atoms with van der Waals surface area (Å²) >= 11 is 6.20. The highest BCUT2D eigenvalue weighted by Crippen LogP contribution is 2.37. The van der Waals surface area contributed by atoms with E-state index in [4.69, 9.17) is 16.3 Å². The molecule has 0 saturated heterocycles. The molecule has 0 aliphatic heterocycles. The number of nitrogens with zero attached hydrogens (tertiary/aromatic N) is 2. The van der Waals surface area contributed by atoms with Crippen LogP contribution in [0.25, 0.3) is 10.9 Å². The topological polar surface area (TPSA) is 118 Å². The predicted molar refractivity (Wildman–Crippen MR) is 142 cm³/mol. The van der Waals surface area contributed by atoms with E-state index >= 15 is 0 Å². The standard InChI is InChI=1S/C28H30ClN3O6/c1-2-38-27(35)25-23(21-14-13-19(29)15-22(21)32(25)28(36)37)24(26(34)30-20-11-7-4-8-12-20)31(17-33)16-18-9-5-3-6-10-18/h3,5-6,9-10,13-15,17,20,24H,2,4,7-8,11-12,16H2,1H3,(H,30,34)(H,36,37). The molecular weight excluding hydrogens is 510 g/mol. The zero-order valence-corrected chi connectivity index (χ0v) is 21.8. The molecule has 1 saturated carbocycles. The minimum atomic E-state index is -1.45. The number of carbonyl (C=O) groups excluding carboxylic acids is 3. The van der Waals surface area contributed by atoms with Gasteiger partial charge in [0.15, 0.2) is 0 Å². The second kappa shape index (κ2) is 12.1. The predicted octanol–water partition coefficient (Wildman–Crippen LogP) is 5.15. The van der Waals surface area contributed by atoms with Gasteiger partial charge >= 0.3 is 12.1 Å². The van der Waals surface area contributed by atoms with Crippen LogP contribution in [0.1, 0.15) is 66.7 Å². The zero-order valence-electron chi connectivity index (χ0n) is 21.1. The molecule has 2 amide bonds. The highest BCUT2D eigenvalue weighted by Gasteiger charge is 2.38. The molecule has 3 aromatic rings. The summed E-state index contributed by atoms with van der Waals surface area (Å²) < 4.78 is 6.01. The van der Waals surface area contributed by atoms with Crippen LogP contribution in [-0.2, 0) is 20.9 Å². The lowest BCUT2D eigenvalue weighted by atomic mass is 9.94. The lowest BCUT2D eigenvalue weighted by Crippen LogP contribution is -2.45. The minimum absolute atomic E-state index is 0.0134. The average Bonchev–Trinajstić information content (AvgIpc) is 3.23. The third-order valence-corrected chi connectivity index (χ3v) is 7.01. The molecule has 38 heavy (non-hydrogen) atoms. The zero-order chi connectivity index (χ0) is 27.2. The number of halogens is 1. The van der Waals surface area contributed by atoms with Crippen LogP contribution < -0.4 is 5.32 Å². The van der Waals surface area contributed by atoms with Crippen molar-refractivity contribution in [2.45, 2.75) is 57.7 Å². The molecule has 0 bridgehead atoms. The maximum Gasteiger partial charge on any atom is 0.416 e. The van der Waals surface area contributed by atoms with Crippen LogP contribution in [0.2, 0.25) is 5.02 Å².